The number of rotatable bonds is 8. The first kappa shape index (κ1) is 31.0. The highest BCUT2D eigenvalue weighted by Crippen LogP contribution is 2.30. The monoisotopic (exact) mass is 594 g/mol. The molecule has 0 radical (unpaired) electrons. The van der Waals surface area contributed by atoms with E-state index in [0.717, 1.165) is 35.1 Å². The van der Waals surface area contributed by atoms with Gasteiger partial charge in [-0.25, -0.2) is 8.42 Å². The number of alkyl halides is 3. The summed E-state index contributed by atoms with van der Waals surface area (Å²) in [4.78, 5) is 51.5. The molecule has 3 amide bonds. The van der Waals surface area contributed by atoms with Gasteiger partial charge in [-0.2, -0.15) is 13.2 Å². The second-order valence-electron chi connectivity index (χ2n) is 8.80. The third-order valence-corrected chi connectivity index (χ3v) is 6.82. The summed E-state index contributed by atoms with van der Waals surface area (Å²) in [6.07, 6.45) is -3.68. The molecule has 11 nitrogen and oxygen atoms in total. The topological polar surface area (TPSA) is 153 Å². The Morgan fingerprint density at radius 3 is 2.22 bits per heavy atom. The van der Waals surface area contributed by atoms with Gasteiger partial charge in [0.15, 0.2) is 9.84 Å². The van der Waals surface area contributed by atoms with E-state index in [0.29, 0.717) is 5.56 Å². The van der Waals surface area contributed by atoms with E-state index in [9.17, 15) is 40.8 Å². The number of aromatic nitrogens is 1. The van der Waals surface area contributed by atoms with E-state index in [4.69, 9.17) is 0 Å². The predicted molar refractivity (Wildman–Crippen MR) is 140 cm³/mol. The smallest absolute Gasteiger partial charge is 0.375 e. The van der Waals surface area contributed by atoms with Gasteiger partial charge in [0.25, 0.3) is 23.3 Å². The maximum absolute atomic E-state index is 13.6. The van der Waals surface area contributed by atoms with Gasteiger partial charge in [0, 0.05) is 31.3 Å². The first-order valence-electron chi connectivity index (χ1n) is 11.7. The summed E-state index contributed by atoms with van der Waals surface area (Å²) in [7, 11) is -2.22. The van der Waals surface area contributed by atoms with Crippen LogP contribution in [0, 0.1) is 6.92 Å². The normalized spacial score (nSPS) is 11.6. The zero-order valence-electron chi connectivity index (χ0n) is 22.0. The molecule has 15 heteroatoms. The van der Waals surface area contributed by atoms with Crippen molar-refractivity contribution in [2.24, 2.45) is 0 Å². The first-order valence-corrected chi connectivity index (χ1v) is 13.6. The highest BCUT2D eigenvalue weighted by Gasteiger charge is 2.31. The van der Waals surface area contributed by atoms with Gasteiger partial charge in [0.05, 0.1) is 16.0 Å². The number of carbonyl (C=O) groups excluding carboxylic acids is 3. The van der Waals surface area contributed by atoms with E-state index in [-0.39, 0.29) is 22.8 Å². The average molecular weight is 595 g/mol. The molecule has 0 saturated heterocycles. The quantitative estimate of drug-likeness (QED) is 0.337. The van der Waals surface area contributed by atoms with Gasteiger partial charge >= 0.3 is 6.18 Å². The van der Waals surface area contributed by atoms with Crippen molar-refractivity contribution in [3.63, 3.8) is 0 Å². The number of nitrogens with zero attached hydrogens (tertiary/aromatic N) is 1. The van der Waals surface area contributed by atoms with Crippen molar-refractivity contribution in [1.29, 1.82) is 0 Å². The second-order valence-corrected chi connectivity index (χ2v) is 10.8. The molecule has 0 aliphatic carbocycles. The largest absolute Gasteiger partial charge is 0.416 e. The molecular formula is C26H25F3N4O7S. The fourth-order valence-corrected chi connectivity index (χ4v) is 4.39. The van der Waals surface area contributed by atoms with Crippen LogP contribution in [0.25, 0.3) is 5.69 Å². The Bertz CT molecular complexity index is 1650. The van der Waals surface area contributed by atoms with Crippen LogP contribution in [0.4, 0.5) is 13.2 Å². The first-order chi connectivity index (χ1) is 19.1. The molecule has 3 rings (SSSR count). The second kappa shape index (κ2) is 12.3. The molecule has 3 aromatic rings. The van der Waals surface area contributed by atoms with Crippen LogP contribution in [-0.4, -0.2) is 50.7 Å². The maximum Gasteiger partial charge on any atom is 0.416 e. The standard InChI is InChI=1S/C26H25F3N4O7S/c1-15-11-20(23(35)32-31-21(34)14-40-2)22(24(36)30-13-16-7-9-19(10-8-16)41(3,38)39)25(37)33(15)18-6-4-5-17(12-18)26(27,28)29/h4-12H,13-14H2,1-3H3,(H,30,36)(H,31,34)(H,32,35). The van der Waals surface area contributed by atoms with E-state index in [1.54, 1.807) is 0 Å². The number of amides is 3. The van der Waals surface area contributed by atoms with Gasteiger partial charge in [-0.1, -0.05) is 18.2 Å². The van der Waals surface area contributed by atoms with Crippen molar-refractivity contribution < 1.29 is 40.7 Å². The number of aryl methyl sites for hydroxylation is 1. The van der Waals surface area contributed by atoms with Gasteiger partial charge < -0.3 is 10.1 Å². The zero-order chi connectivity index (χ0) is 30.5. The summed E-state index contributed by atoms with van der Waals surface area (Å²) in [5.41, 5.74) is 1.09. The number of nitrogens with one attached hydrogen (secondary N) is 3. The molecule has 1 aromatic heterocycles. The number of hydrazine groups is 1. The van der Waals surface area contributed by atoms with Crippen LogP contribution in [0.1, 0.15) is 37.5 Å². The van der Waals surface area contributed by atoms with Crippen LogP contribution in [-0.2, 0) is 32.1 Å². The average Bonchev–Trinajstić information content (AvgIpc) is 2.89. The van der Waals surface area contributed by atoms with Crippen molar-refractivity contribution in [2.75, 3.05) is 20.0 Å². The highest BCUT2D eigenvalue weighted by molar-refractivity contribution is 7.90. The summed E-state index contributed by atoms with van der Waals surface area (Å²) in [5.74, 6) is -2.83. The molecule has 0 atom stereocenters. The molecule has 0 spiro atoms. The summed E-state index contributed by atoms with van der Waals surface area (Å²) < 4.78 is 68.9. The van der Waals surface area contributed by atoms with E-state index in [1.165, 1.54) is 44.4 Å². The number of carbonyl (C=O) groups is 3. The number of benzene rings is 2. The van der Waals surface area contributed by atoms with Crippen LogP contribution in [0.3, 0.4) is 0 Å². The summed E-state index contributed by atoms with van der Waals surface area (Å²) in [6, 6.07) is 10.5. The van der Waals surface area contributed by atoms with Crippen molar-refractivity contribution >= 4 is 27.6 Å². The van der Waals surface area contributed by atoms with Crippen molar-refractivity contribution in [1.82, 2.24) is 20.7 Å². The molecule has 1 heterocycles. The Hall–Kier alpha value is -4.50. The lowest BCUT2D eigenvalue weighted by Crippen LogP contribution is -2.45. The summed E-state index contributed by atoms with van der Waals surface area (Å²) in [6.45, 7) is 0.764. The van der Waals surface area contributed by atoms with Crippen LogP contribution >= 0.6 is 0 Å². The number of hydrogen-bond acceptors (Lipinski definition) is 7. The van der Waals surface area contributed by atoms with E-state index in [2.05, 4.69) is 20.9 Å². The van der Waals surface area contributed by atoms with Crippen molar-refractivity contribution in [2.45, 2.75) is 24.5 Å². The molecule has 0 saturated carbocycles. The Balaban J connectivity index is 2.05. The molecule has 218 valence electrons. The van der Waals surface area contributed by atoms with Crippen LogP contribution < -0.4 is 21.7 Å². The minimum absolute atomic E-state index is 0.0237. The lowest BCUT2D eigenvalue weighted by Gasteiger charge is -2.17. The van der Waals surface area contributed by atoms with E-state index >= 15 is 0 Å². The maximum atomic E-state index is 13.6. The molecular weight excluding hydrogens is 569 g/mol. The molecule has 0 aliphatic heterocycles. The number of ether oxygens (including phenoxy) is 1. The minimum atomic E-state index is -4.71. The molecule has 2 aromatic carbocycles. The van der Waals surface area contributed by atoms with Crippen molar-refractivity contribution in [3.8, 4) is 5.69 Å². The summed E-state index contributed by atoms with van der Waals surface area (Å²) >= 11 is 0. The van der Waals surface area contributed by atoms with Crippen LogP contribution in [0.2, 0.25) is 0 Å². The van der Waals surface area contributed by atoms with Gasteiger partial charge in [0.1, 0.15) is 12.2 Å². The molecule has 0 aliphatic rings. The Labute approximate surface area is 232 Å². The lowest BCUT2D eigenvalue weighted by atomic mass is 10.1. The Morgan fingerprint density at radius 1 is 0.976 bits per heavy atom. The summed E-state index contributed by atoms with van der Waals surface area (Å²) in [5, 5.41) is 2.46. The van der Waals surface area contributed by atoms with Crippen molar-refractivity contribution in [3.05, 3.63) is 92.9 Å². The SMILES string of the molecule is COCC(=O)NNC(=O)c1cc(C)n(-c2cccc(C(F)(F)F)c2)c(=O)c1C(=O)NCc1ccc(S(C)(=O)=O)cc1. The number of methoxy groups -OCH3 is 1. The fourth-order valence-electron chi connectivity index (χ4n) is 3.76. The lowest BCUT2D eigenvalue weighted by molar-refractivity contribution is -0.137. The number of sulfone groups is 1. The third kappa shape index (κ3) is 7.58. The highest BCUT2D eigenvalue weighted by atomic mass is 32.2. The molecule has 0 fully saturated rings. The molecule has 41 heavy (non-hydrogen) atoms. The van der Waals surface area contributed by atoms with Crippen LogP contribution in [0.5, 0.6) is 0 Å². The van der Waals surface area contributed by atoms with Gasteiger partial charge in [0.2, 0.25) is 0 Å². The van der Waals surface area contributed by atoms with Gasteiger partial charge in [-0.3, -0.25) is 34.6 Å². The number of pyridine rings is 1. The molecule has 0 unspecified atom stereocenters. The Morgan fingerprint density at radius 2 is 1.63 bits per heavy atom. The number of halogens is 3. The number of hydrogen-bond donors (Lipinski definition) is 3. The molecule has 0 bridgehead atoms. The third-order valence-electron chi connectivity index (χ3n) is 5.69. The van der Waals surface area contributed by atoms with E-state index < -0.39 is 62.6 Å². The fraction of sp³-hybridized carbons (Fsp3) is 0.231. The predicted octanol–water partition coefficient (Wildman–Crippen LogP) is 1.91. The van der Waals surface area contributed by atoms with E-state index in [1.807, 2.05) is 0 Å². The molecule has 3 N–H and O–H groups in total. The van der Waals surface area contributed by atoms with Crippen LogP contribution in [0.15, 0.2) is 64.3 Å². The Kier molecular flexibility index (Phi) is 9.35. The van der Waals surface area contributed by atoms with Gasteiger partial charge in [-0.05, 0) is 48.9 Å². The van der Waals surface area contributed by atoms with Gasteiger partial charge in [-0.15, -0.1) is 0 Å². The minimum Gasteiger partial charge on any atom is -0.375 e. The zero-order valence-corrected chi connectivity index (χ0v) is 22.8.